The number of hydrogen-bond acceptors (Lipinski definition) is 4. The first-order valence-corrected chi connectivity index (χ1v) is 10.2. The van der Waals surface area contributed by atoms with Crippen LogP contribution in [0.4, 0.5) is 10.1 Å². The lowest BCUT2D eigenvalue weighted by atomic mass is 10.1. The summed E-state index contributed by atoms with van der Waals surface area (Å²) in [6, 6.07) is 16.1. The maximum Gasteiger partial charge on any atom is 0.224 e. The van der Waals surface area contributed by atoms with E-state index in [1.165, 1.54) is 6.07 Å². The van der Waals surface area contributed by atoms with E-state index in [1.54, 1.807) is 54.6 Å². The molecule has 0 fully saturated rings. The van der Waals surface area contributed by atoms with Gasteiger partial charge < -0.3 is 9.73 Å². The van der Waals surface area contributed by atoms with E-state index in [9.17, 15) is 17.6 Å². The van der Waals surface area contributed by atoms with Gasteiger partial charge in [-0.3, -0.25) is 4.79 Å². The Kier molecular flexibility index (Phi) is 5.91. The van der Waals surface area contributed by atoms with E-state index in [0.717, 1.165) is 0 Å². The number of furan rings is 1. The number of sulfonamides is 1. The molecule has 0 spiro atoms. The molecule has 1 amide bonds. The lowest BCUT2D eigenvalue weighted by Crippen LogP contribution is -2.15. The zero-order valence-electron chi connectivity index (χ0n) is 14.9. The van der Waals surface area contributed by atoms with E-state index in [1.807, 2.05) is 0 Å². The molecule has 0 atom stereocenters. The van der Waals surface area contributed by atoms with Crippen molar-refractivity contribution in [3.05, 3.63) is 77.8 Å². The first-order chi connectivity index (χ1) is 13.3. The first-order valence-electron chi connectivity index (χ1n) is 8.53. The number of halogens is 1. The smallest absolute Gasteiger partial charge is 0.224 e. The van der Waals surface area contributed by atoms with E-state index in [0.29, 0.717) is 34.8 Å². The maximum absolute atomic E-state index is 13.8. The van der Waals surface area contributed by atoms with Gasteiger partial charge in [0.25, 0.3) is 0 Å². The number of carbonyl (C=O) groups excluding carboxylic acids is 1. The van der Waals surface area contributed by atoms with E-state index in [4.69, 9.17) is 9.56 Å². The van der Waals surface area contributed by atoms with Gasteiger partial charge in [0.15, 0.2) is 0 Å². The molecular formula is C20H19FN2O4S. The number of nitrogens with one attached hydrogen (secondary N) is 1. The summed E-state index contributed by atoms with van der Waals surface area (Å²) >= 11 is 0. The predicted octanol–water partition coefficient (Wildman–Crippen LogP) is 3.45. The average Bonchev–Trinajstić information content (AvgIpc) is 3.10. The molecule has 0 aliphatic heterocycles. The molecule has 3 N–H and O–H groups in total. The van der Waals surface area contributed by atoms with Gasteiger partial charge in [-0.15, -0.1) is 0 Å². The SMILES string of the molecule is NS(=O)(=O)Cc1ccc(NC(=O)CCc2ccc(-c3ccccc3F)o2)cc1. The van der Waals surface area contributed by atoms with E-state index < -0.39 is 10.0 Å². The Hall–Kier alpha value is -2.97. The molecule has 0 radical (unpaired) electrons. The van der Waals surface area contributed by atoms with E-state index in [-0.39, 0.29) is 23.9 Å². The Balaban J connectivity index is 1.54. The fraction of sp³-hybridized carbons (Fsp3) is 0.150. The number of benzene rings is 2. The van der Waals surface area contributed by atoms with Crippen LogP contribution in [0.5, 0.6) is 0 Å². The highest BCUT2D eigenvalue weighted by atomic mass is 32.2. The predicted molar refractivity (Wildman–Crippen MR) is 104 cm³/mol. The molecule has 8 heteroatoms. The maximum atomic E-state index is 13.8. The minimum absolute atomic E-state index is 0.184. The quantitative estimate of drug-likeness (QED) is 0.632. The minimum atomic E-state index is -3.59. The molecule has 3 rings (SSSR count). The number of aryl methyl sites for hydroxylation is 1. The molecule has 0 saturated heterocycles. The second kappa shape index (κ2) is 8.37. The summed E-state index contributed by atoms with van der Waals surface area (Å²) in [4.78, 5) is 12.1. The van der Waals surface area contributed by atoms with Crippen LogP contribution in [0.15, 0.2) is 65.1 Å². The van der Waals surface area contributed by atoms with Crippen molar-refractivity contribution in [2.75, 3.05) is 5.32 Å². The molecule has 146 valence electrons. The third-order valence-electron chi connectivity index (χ3n) is 4.00. The highest BCUT2D eigenvalue weighted by Gasteiger charge is 2.11. The topological polar surface area (TPSA) is 102 Å². The van der Waals surface area contributed by atoms with Crippen LogP contribution in [0.1, 0.15) is 17.7 Å². The standard InChI is InChI=1S/C20H19FN2O4S/c21-18-4-2-1-3-17(18)19-11-9-16(27-19)10-12-20(24)23-15-7-5-14(6-8-15)13-28(22,25)26/h1-9,11H,10,12-13H2,(H,23,24)(H2,22,25,26). The molecular weight excluding hydrogens is 383 g/mol. The fourth-order valence-corrected chi connectivity index (χ4v) is 3.35. The molecule has 28 heavy (non-hydrogen) atoms. The summed E-state index contributed by atoms with van der Waals surface area (Å²) < 4.78 is 41.6. The molecule has 2 aromatic carbocycles. The zero-order chi connectivity index (χ0) is 20.1. The molecule has 0 aliphatic rings. The van der Waals surface area contributed by atoms with Crippen molar-refractivity contribution >= 4 is 21.6 Å². The summed E-state index contributed by atoms with van der Waals surface area (Å²) in [6.07, 6.45) is 0.549. The highest BCUT2D eigenvalue weighted by molar-refractivity contribution is 7.88. The van der Waals surface area contributed by atoms with Gasteiger partial charge in [-0.2, -0.15) is 0 Å². The van der Waals surface area contributed by atoms with Crippen molar-refractivity contribution in [2.24, 2.45) is 5.14 Å². The van der Waals surface area contributed by atoms with Crippen molar-refractivity contribution in [3.8, 4) is 11.3 Å². The number of amides is 1. The first kappa shape index (κ1) is 19.8. The molecule has 1 aromatic heterocycles. The van der Waals surface area contributed by atoms with Crippen LogP contribution in [0.2, 0.25) is 0 Å². The Morgan fingerprint density at radius 2 is 1.75 bits per heavy atom. The molecule has 0 bridgehead atoms. The largest absolute Gasteiger partial charge is 0.461 e. The van der Waals surface area contributed by atoms with Crippen molar-refractivity contribution in [2.45, 2.75) is 18.6 Å². The Morgan fingerprint density at radius 3 is 2.43 bits per heavy atom. The normalized spacial score (nSPS) is 11.4. The molecule has 0 unspecified atom stereocenters. The van der Waals surface area contributed by atoms with Gasteiger partial charge in [-0.05, 0) is 42.0 Å². The van der Waals surface area contributed by atoms with Crippen molar-refractivity contribution in [3.63, 3.8) is 0 Å². The van der Waals surface area contributed by atoms with Crippen LogP contribution >= 0.6 is 0 Å². The number of nitrogens with two attached hydrogens (primary N) is 1. The van der Waals surface area contributed by atoms with Crippen LogP contribution in [-0.4, -0.2) is 14.3 Å². The molecule has 3 aromatic rings. The average molecular weight is 402 g/mol. The van der Waals surface area contributed by atoms with Gasteiger partial charge in [-0.1, -0.05) is 24.3 Å². The van der Waals surface area contributed by atoms with Gasteiger partial charge >= 0.3 is 0 Å². The van der Waals surface area contributed by atoms with Crippen LogP contribution in [0.25, 0.3) is 11.3 Å². The Bertz CT molecular complexity index is 1080. The number of anilines is 1. The third-order valence-corrected chi connectivity index (χ3v) is 4.74. The van der Waals surface area contributed by atoms with Crippen molar-refractivity contribution in [1.82, 2.24) is 0 Å². The zero-order valence-corrected chi connectivity index (χ0v) is 15.7. The monoisotopic (exact) mass is 402 g/mol. The Morgan fingerprint density at radius 1 is 1.04 bits per heavy atom. The molecule has 0 saturated carbocycles. The second-order valence-electron chi connectivity index (χ2n) is 6.30. The van der Waals surface area contributed by atoms with Gasteiger partial charge in [0.05, 0.1) is 11.3 Å². The highest BCUT2D eigenvalue weighted by Crippen LogP contribution is 2.25. The third kappa shape index (κ3) is 5.51. The number of rotatable bonds is 7. The lowest BCUT2D eigenvalue weighted by molar-refractivity contribution is -0.116. The second-order valence-corrected chi connectivity index (χ2v) is 7.91. The molecule has 1 heterocycles. The summed E-state index contributed by atoms with van der Waals surface area (Å²) in [7, 11) is -3.59. The van der Waals surface area contributed by atoms with Gasteiger partial charge in [-0.25, -0.2) is 17.9 Å². The fourth-order valence-electron chi connectivity index (χ4n) is 2.69. The molecule has 6 nitrogen and oxygen atoms in total. The molecule has 0 aliphatic carbocycles. The Labute approximate surface area is 162 Å². The lowest BCUT2D eigenvalue weighted by Gasteiger charge is -2.06. The van der Waals surface area contributed by atoms with Crippen molar-refractivity contribution < 1.29 is 22.0 Å². The number of primary sulfonamides is 1. The summed E-state index contributed by atoms with van der Waals surface area (Å²) in [6.45, 7) is 0. The van der Waals surface area contributed by atoms with Crippen LogP contribution in [0, 0.1) is 5.82 Å². The van der Waals surface area contributed by atoms with Gasteiger partial charge in [0.1, 0.15) is 17.3 Å². The van der Waals surface area contributed by atoms with E-state index >= 15 is 0 Å². The van der Waals surface area contributed by atoms with Gasteiger partial charge in [0.2, 0.25) is 15.9 Å². The van der Waals surface area contributed by atoms with Crippen LogP contribution < -0.4 is 10.5 Å². The van der Waals surface area contributed by atoms with Crippen LogP contribution in [0.3, 0.4) is 0 Å². The summed E-state index contributed by atoms with van der Waals surface area (Å²) in [5.74, 6) is 0.148. The minimum Gasteiger partial charge on any atom is -0.461 e. The van der Waals surface area contributed by atoms with Crippen LogP contribution in [-0.2, 0) is 27.0 Å². The summed E-state index contributed by atoms with van der Waals surface area (Å²) in [5.41, 5.74) is 1.46. The van der Waals surface area contributed by atoms with Gasteiger partial charge in [0, 0.05) is 18.5 Å². The number of carbonyl (C=O) groups is 1. The number of hydrogen-bond donors (Lipinski definition) is 2. The van der Waals surface area contributed by atoms with E-state index in [2.05, 4.69) is 5.32 Å². The summed E-state index contributed by atoms with van der Waals surface area (Å²) in [5, 5.41) is 7.73. The van der Waals surface area contributed by atoms with Crippen molar-refractivity contribution in [1.29, 1.82) is 0 Å².